The Morgan fingerprint density at radius 1 is 0.758 bits per heavy atom. The maximum Gasteiger partial charge on any atom is 0.190 e. The van der Waals surface area contributed by atoms with Crippen molar-refractivity contribution >= 4 is 109 Å². The molecule has 2 heterocycles. The average molecular weight is 776 g/mol. The Bertz CT molecular complexity index is 877. The maximum absolute atomic E-state index is 6.07. The molecule has 0 atom stereocenters. The van der Waals surface area contributed by atoms with Crippen molar-refractivity contribution in [3.05, 3.63) is 22.6 Å². The Hall–Kier alpha value is 0.950. The Morgan fingerprint density at radius 2 is 1.18 bits per heavy atom. The van der Waals surface area contributed by atoms with E-state index >= 15 is 0 Å². The van der Waals surface area contributed by atoms with Gasteiger partial charge in [-0.3, -0.25) is 0 Å². The smallest absolute Gasteiger partial charge is 0.190 e. The minimum atomic E-state index is 0.412. The molecule has 4 rings (SSSR count). The highest BCUT2D eigenvalue weighted by Gasteiger charge is 2.18. The van der Waals surface area contributed by atoms with E-state index in [1.165, 1.54) is 74.9 Å². The van der Waals surface area contributed by atoms with Gasteiger partial charge in [-0.25, -0.2) is 19.9 Å². The summed E-state index contributed by atoms with van der Waals surface area (Å²) in [7, 11) is 0. The van der Waals surface area contributed by atoms with Crippen molar-refractivity contribution in [2.45, 2.75) is 73.8 Å². The minimum absolute atomic E-state index is 0.412. The summed E-state index contributed by atoms with van der Waals surface area (Å²) >= 11 is 24.7. The van der Waals surface area contributed by atoms with Gasteiger partial charge in [-0.2, -0.15) is 0 Å². The number of halogens is 5. The third-order valence-corrected chi connectivity index (χ3v) is 9.92. The number of anilines is 1. The third-order valence-electron chi connectivity index (χ3n) is 5.00. The summed E-state index contributed by atoms with van der Waals surface area (Å²) in [6.45, 7) is 0. The predicted molar refractivity (Wildman–Crippen MR) is 160 cm³/mol. The second-order valence-corrected chi connectivity index (χ2v) is 12.2. The molecule has 3 N–H and O–H groups in total. The van der Waals surface area contributed by atoms with Crippen LogP contribution >= 0.6 is 104 Å². The van der Waals surface area contributed by atoms with Crippen LogP contribution in [-0.2, 0) is 0 Å². The van der Waals surface area contributed by atoms with Gasteiger partial charge in [0, 0.05) is 12.1 Å². The predicted octanol–water partition coefficient (Wildman–Crippen LogP) is 7.81. The van der Waals surface area contributed by atoms with Gasteiger partial charge in [-0.05, 0) is 83.4 Å². The largest absolute Gasteiger partial charge is 0.366 e. The maximum atomic E-state index is 6.07. The minimum Gasteiger partial charge on any atom is -0.366 e. The summed E-state index contributed by atoms with van der Waals surface area (Å²) < 4.78 is 1.62. The first-order chi connectivity index (χ1) is 15.7. The van der Waals surface area contributed by atoms with Gasteiger partial charge in [-0.1, -0.05) is 84.0 Å². The van der Waals surface area contributed by atoms with Crippen LogP contribution < -0.4 is 11.1 Å². The lowest BCUT2D eigenvalue weighted by Crippen LogP contribution is -2.17. The van der Waals surface area contributed by atoms with Gasteiger partial charge in [0.2, 0.25) is 0 Å². The van der Waals surface area contributed by atoms with Crippen LogP contribution in [0.3, 0.4) is 0 Å². The number of aromatic nitrogens is 4. The second kappa shape index (κ2) is 15.9. The Morgan fingerprint density at radius 3 is 1.61 bits per heavy atom. The van der Waals surface area contributed by atoms with Crippen LogP contribution in [0.5, 0.6) is 0 Å². The molecule has 0 radical (unpaired) electrons. The summed E-state index contributed by atoms with van der Waals surface area (Å²) in [6.07, 6.45) is 14.2. The molecule has 0 saturated heterocycles. The summed E-state index contributed by atoms with van der Waals surface area (Å²) in [5, 5.41) is 6.16. The van der Waals surface area contributed by atoms with Crippen LogP contribution in [0.1, 0.15) is 51.4 Å². The summed E-state index contributed by atoms with van der Waals surface area (Å²) in [5.41, 5.74) is 5.53. The molecule has 0 aromatic carbocycles. The molecule has 33 heavy (non-hydrogen) atoms. The lowest BCUT2D eigenvalue weighted by molar-refractivity contribution is 0.704. The molecular weight excluding hydrogens is 749 g/mol. The van der Waals surface area contributed by atoms with E-state index in [0.717, 1.165) is 14.5 Å². The van der Waals surface area contributed by atoms with Crippen molar-refractivity contribution < 1.29 is 0 Å². The molecule has 13 heteroatoms. The van der Waals surface area contributed by atoms with Crippen molar-refractivity contribution in [2.24, 2.45) is 5.73 Å². The van der Waals surface area contributed by atoms with E-state index in [4.69, 9.17) is 40.5 Å². The summed E-state index contributed by atoms with van der Waals surface area (Å²) in [6, 6.07) is 1.10. The molecule has 2 aromatic rings. The van der Waals surface area contributed by atoms with Gasteiger partial charge in [-0.15, -0.1) is 0 Å². The zero-order valence-electron chi connectivity index (χ0n) is 18.4. The molecule has 2 aliphatic rings. The third kappa shape index (κ3) is 10.5. The molecule has 0 bridgehead atoms. The number of nitrogens with two attached hydrogens (primary N) is 1. The summed E-state index contributed by atoms with van der Waals surface area (Å²) in [4.78, 5) is 16.6. The standard InChI is InChI=1S/C10H13ClIN3S.C5H3Cl2IN2S.C5H11N/c1-16-10-14-8(11)7(12)9(15-10)13-6-4-2-3-5-6;1-11-5-9-3(6)2(8)4(7)10-5;6-5-3-1-2-4-5/h6H,2-5H2,1H3,(H,13,14,15);1H3;5H,1-4,6H2. The van der Waals surface area contributed by atoms with Gasteiger partial charge in [0.05, 0.1) is 7.14 Å². The fourth-order valence-electron chi connectivity index (χ4n) is 3.28. The molecule has 0 unspecified atom stereocenters. The van der Waals surface area contributed by atoms with Crippen molar-refractivity contribution in [1.82, 2.24) is 19.9 Å². The molecule has 2 fully saturated rings. The topological polar surface area (TPSA) is 89.6 Å². The van der Waals surface area contributed by atoms with E-state index in [1.54, 1.807) is 0 Å². The monoisotopic (exact) mass is 774 g/mol. The highest BCUT2D eigenvalue weighted by atomic mass is 127. The molecule has 2 aliphatic carbocycles. The van der Waals surface area contributed by atoms with E-state index < -0.39 is 0 Å². The zero-order valence-corrected chi connectivity index (χ0v) is 26.6. The average Bonchev–Trinajstić information content (AvgIpc) is 3.49. The van der Waals surface area contributed by atoms with E-state index in [9.17, 15) is 0 Å². The van der Waals surface area contributed by atoms with Gasteiger partial charge < -0.3 is 11.1 Å². The highest BCUT2D eigenvalue weighted by molar-refractivity contribution is 14.1. The fraction of sp³-hybridized carbons (Fsp3) is 0.600. The quantitative estimate of drug-likeness (QED) is 0.141. The molecule has 0 amide bonds. The number of hydrogen-bond donors (Lipinski definition) is 2. The zero-order chi connectivity index (χ0) is 24.4. The molecule has 2 aromatic heterocycles. The Kier molecular flexibility index (Phi) is 14.6. The van der Waals surface area contributed by atoms with Crippen LogP contribution in [-0.4, -0.2) is 44.5 Å². The summed E-state index contributed by atoms with van der Waals surface area (Å²) in [5.74, 6) is 0.886. The van der Waals surface area contributed by atoms with E-state index in [1.807, 2.05) is 35.1 Å². The number of nitrogens with one attached hydrogen (secondary N) is 1. The first-order valence-corrected chi connectivity index (χ1v) is 16.2. The van der Waals surface area contributed by atoms with Gasteiger partial charge in [0.25, 0.3) is 0 Å². The van der Waals surface area contributed by atoms with Crippen LogP contribution in [0.15, 0.2) is 10.3 Å². The highest BCUT2D eigenvalue weighted by Crippen LogP contribution is 2.29. The van der Waals surface area contributed by atoms with Crippen molar-refractivity contribution in [2.75, 3.05) is 17.8 Å². The van der Waals surface area contributed by atoms with Crippen molar-refractivity contribution in [3.8, 4) is 0 Å². The van der Waals surface area contributed by atoms with Gasteiger partial charge in [0.1, 0.15) is 21.3 Å². The molecule has 184 valence electrons. The molecular formula is C20H27Cl3I2N6S2. The normalized spacial score (nSPS) is 16.1. The molecule has 2 saturated carbocycles. The number of thioether (sulfide) groups is 2. The van der Waals surface area contributed by atoms with Crippen LogP contribution in [0.25, 0.3) is 0 Å². The Labute approximate surface area is 246 Å². The first kappa shape index (κ1) is 30.2. The van der Waals surface area contributed by atoms with Gasteiger partial charge >= 0.3 is 0 Å². The molecule has 0 aliphatic heterocycles. The Balaban J connectivity index is 0.000000195. The first-order valence-electron chi connectivity index (χ1n) is 10.5. The van der Waals surface area contributed by atoms with Crippen molar-refractivity contribution in [3.63, 3.8) is 0 Å². The van der Waals surface area contributed by atoms with E-state index in [0.29, 0.717) is 36.3 Å². The molecule has 6 nitrogen and oxygen atoms in total. The van der Waals surface area contributed by atoms with Gasteiger partial charge in [0.15, 0.2) is 10.3 Å². The number of rotatable bonds is 4. The fourth-order valence-corrected chi connectivity index (χ4v) is 5.35. The molecule has 0 spiro atoms. The van der Waals surface area contributed by atoms with Crippen LogP contribution in [0.4, 0.5) is 5.82 Å². The van der Waals surface area contributed by atoms with Crippen molar-refractivity contribution in [1.29, 1.82) is 0 Å². The second-order valence-electron chi connectivity index (χ2n) is 7.44. The van der Waals surface area contributed by atoms with E-state index in [-0.39, 0.29) is 0 Å². The lowest BCUT2D eigenvalue weighted by Gasteiger charge is -2.14. The number of hydrogen-bond acceptors (Lipinski definition) is 8. The lowest BCUT2D eigenvalue weighted by atomic mass is 10.2. The van der Waals surface area contributed by atoms with E-state index in [2.05, 4.69) is 47.8 Å². The van der Waals surface area contributed by atoms with Crippen LogP contribution in [0, 0.1) is 7.14 Å². The number of nitrogens with zero attached hydrogens (tertiary/aromatic N) is 4. The van der Waals surface area contributed by atoms with Crippen LogP contribution in [0.2, 0.25) is 15.5 Å². The SMILES string of the molecule is CSc1nc(Cl)c(I)c(Cl)n1.CSc1nc(Cl)c(I)c(NC2CCCC2)n1.NC1CCCC1.